The summed E-state index contributed by atoms with van der Waals surface area (Å²) in [5, 5.41) is 5.85. The fourth-order valence-corrected chi connectivity index (χ4v) is 3.28. The molecule has 0 aromatic heterocycles. The molecule has 2 aliphatic rings. The fourth-order valence-electron chi connectivity index (χ4n) is 3.28. The second-order valence-corrected chi connectivity index (χ2v) is 6.81. The summed E-state index contributed by atoms with van der Waals surface area (Å²) in [6, 6.07) is 5.82. The van der Waals surface area contributed by atoms with Crippen LogP contribution in [0.5, 0.6) is 0 Å². The molecule has 0 saturated carbocycles. The molecular formula is C20H27FN4O2. The molecule has 0 bridgehead atoms. The number of hydrazone groups is 1. The monoisotopic (exact) mass is 374 g/mol. The predicted molar refractivity (Wildman–Crippen MR) is 105 cm³/mol. The lowest BCUT2D eigenvalue weighted by molar-refractivity contribution is -0.118. The summed E-state index contributed by atoms with van der Waals surface area (Å²) in [7, 11) is 0. The van der Waals surface area contributed by atoms with Gasteiger partial charge in [0.25, 0.3) is 5.91 Å². The number of amides is 1. The minimum atomic E-state index is -0.418. The lowest BCUT2D eigenvalue weighted by Crippen LogP contribution is -2.37. The molecule has 0 aliphatic carbocycles. The Morgan fingerprint density at radius 1 is 1.30 bits per heavy atom. The number of benzene rings is 1. The lowest BCUT2D eigenvalue weighted by atomic mass is 10.0. The van der Waals surface area contributed by atoms with Gasteiger partial charge in [0.2, 0.25) is 0 Å². The first-order valence-electron chi connectivity index (χ1n) is 9.66. The van der Waals surface area contributed by atoms with Gasteiger partial charge >= 0.3 is 0 Å². The number of morpholine rings is 1. The van der Waals surface area contributed by atoms with Crippen molar-refractivity contribution >= 4 is 23.5 Å². The zero-order valence-corrected chi connectivity index (χ0v) is 15.8. The SMILES string of the molecule is CCCC1=NN(c2ccc(F)cc2)C(=O)[C@@H]1C=NCCCN1CCOCC1. The summed E-state index contributed by atoms with van der Waals surface area (Å²) in [6.45, 7) is 7.30. The Morgan fingerprint density at radius 2 is 2.04 bits per heavy atom. The van der Waals surface area contributed by atoms with Crippen LogP contribution in [0, 0.1) is 11.7 Å². The number of hydrogen-bond donors (Lipinski definition) is 0. The molecule has 1 saturated heterocycles. The molecule has 1 aromatic rings. The van der Waals surface area contributed by atoms with Gasteiger partial charge in [0.1, 0.15) is 11.7 Å². The van der Waals surface area contributed by atoms with Gasteiger partial charge in [0.15, 0.2) is 0 Å². The highest BCUT2D eigenvalue weighted by atomic mass is 19.1. The van der Waals surface area contributed by atoms with E-state index in [9.17, 15) is 9.18 Å². The number of aliphatic imine (C=N–C) groups is 1. The maximum atomic E-state index is 13.1. The quantitative estimate of drug-likeness (QED) is 0.519. The summed E-state index contributed by atoms with van der Waals surface area (Å²) in [5.41, 5.74) is 1.40. The van der Waals surface area contributed by atoms with Crippen molar-refractivity contribution in [1.29, 1.82) is 0 Å². The number of hydrogen-bond acceptors (Lipinski definition) is 5. The van der Waals surface area contributed by atoms with Crippen molar-refractivity contribution in [2.24, 2.45) is 16.0 Å². The standard InChI is InChI=1S/C20H27FN4O2/c1-2-4-19-18(15-22-9-3-10-24-11-13-27-14-12-24)20(26)25(23-19)17-7-5-16(21)6-8-17/h5-8,15,18H,2-4,9-14H2,1H3/t18-/m1/s1. The number of nitrogens with zero attached hydrogens (tertiary/aromatic N) is 4. The first kappa shape index (κ1) is 19.6. The number of ether oxygens (including phenoxy) is 1. The van der Waals surface area contributed by atoms with Gasteiger partial charge in [0, 0.05) is 32.4 Å². The first-order chi connectivity index (χ1) is 13.2. The Balaban J connectivity index is 1.57. The highest BCUT2D eigenvalue weighted by molar-refractivity contribution is 6.24. The lowest BCUT2D eigenvalue weighted by Gasteiger charge is -2.26. The van der Waals surface area contributed by atoms with Crippen molar-refractivity contribution in [2.45, 2.75) is 26.2 Å². The van der Waals surface area contributed by atoms with Gasteiger partial charge in [-0.2, -0.15) is 10.1 Å². The summed E-state index contributed by atoms with van der Waals surface area (Å²) >= 11 is 0. The molecule has 0 unspecified atom stereocenters. The number of carbonyl (C=O) groups excluding carboxylic acids is 1. The van der Waals surface area contributed by atoms with Crippen LogP contribution in [-0.4, -0.2) is 62.1 Å². The van der Waals surface area contributed by atoms with Gasteiger partial charge in [0.05, 0.1) is 24.6 Å². The molecular weight excluding hydrogens is 347 g/mol. The molecule has 6 nitrogen and oxygen atoms in total. The molecule has 1 amide bonds. The van der Waals surface area contributed by atoms with Crippen molar-refractivity contribution in [3.63, 3.8) is 0 Å². The van der Waals surface area contributed by atoms with Crippen molar-refractivity contribution in [3.8, 4) is 0 Å². The number of rotatable bonds is 8. The van der Waals surface area contributed by atoms with E-state index in [4.69, 9.17) is 4.74 Å². The van der Waals surface area contributed by atoms with E-state index in [0.29, 0.717) is 12.2 Å². The van der Waals surface area contributed by atoms with E-state index in [1.54, 1.807) is 18.3 Å². The van der Waals surface area contributed by atoms with E-state index in [0.717, 1.165) is 57.8 Å². The number of carbonyl (C=O) groups is 1. The number of halogens is 1. The molecule has 146 valence electrons. The molecule has 0 N–H and O–H groups in total. The highest BCUT2D eigenvalue weighted by Crippen LogP contribution is 2.25. The molecule has 7 heteroatoms. The van der Waals surface area contributed by atoms with E-state index in [-0.39, 0.29) is 11.7 Å². The summed E-state index contributed by atoms with van der Waals surface area (Å²) in [5.74, 6) is -0.873. The van der Waals surface area contributed by atoms with Crippen molar-refractivity contribution < 1.29 is 13.9 Å². The Hall–Kier alpha value is -2.12. The predicted octanol–water partition coefficient (Wildman–Crippen LogP) is 2.74. The maximum absolute atomic E-state index is 13.1. The first-order valence-corrected chi connectivity index (χ1v) is 9.66. The zero-order chi connectivity index (χ0) is 19.1. The van der Waals surface area contributed by atoms with E-state index in [1.807, 2.05) is 0 Å². The van der Waals surface area contributed by atoms with Crippen LogP contribution in [0.1, 0.15) is 26.2 Å². The topological polar surface area (TPSA) is 57.5 Å². The molecule has 1 atom stereocenters. The molecule has 2 heterocycles. The minimum absolute atomic E-state index is 0.123. The average Bonchev–Trinajstić information content (AvgIpc) is 2.99. The van der Waals surface area contributed by atoms with Gasteiger partial charge in [-0.15, -0.1) is 0 Å². The smallest absolute Gasteiger partial charge is 0.261 e. The zero-order valence-electron chi connectivity index (χ0n) is 15.8. The van der Waals surface area contributed by atoms with E-state index >= 15 is 0 Å². The molecule has 1 aromatic carbocycles. The largest absolute Gasteiger partial charge is 0.379 e. The molecule has 1 fully saturated rings. The third-order valence-electron chi connectivity index (χ3n) is 4.76. The van der Waals surface area contributed by atoms with Crippen molar-refractivity contribution in [2.75, 3.05) is 44.4 Å². The Morgan fingerprint density at radius 3 is 2.74 bits per heavy atom. The van der Waals surface area contributed by atoms with Gasteiger partial charge in [-0.25, -0.2) is 4.39 Å². The second-order valence-electron chi connectivity index (χ2n) is 6.81. The van der Waals surface area contributed by atoms with Crippen LogP contribution in [-0.2, 0) is 9.53 Å². The second kappa shape index (κ2) is 9.71. The summed E-state index contributed by atoms with van der Waals surface area (Å²) < 4.78 is 18.5. The van der Waals surface area contributed by atoms with E-state index in [1.165, 1.54) is 17.1 Å². The minimum Gasteiger partial charge on any atom is -0.379 e. The van der Waals surface area contributed by atoms with Crippen LogP contribution in [0.3, 0.4) is 0 Å². The van der Waals surface area contributed by atoms with Gasteiger partial charge < -0.3 is 4.74 Å². The van der Waals surface area contributed by atoms with Crippen LogP contribution >= 0.6 is 0 Å². The van der Waals surface area contributed by atoms with Gasteiger partial charge in [-0.05, 0) is 37.1 Å². The fraction of sp³-hybridized carbons (Fsp3) is 0.550. The number of anilines is 1. The Bertz CT molecular complexity index is 684. The van der Waals surface area contributed by atoms with Crippen LogP contribution < -0.4 is 5.01 Å². The van der Waals surface area contributed by atoms with Crippen molar-refractivity contribution in [3.05, 3.63) is 30.1 Å². The van der Waals surface area contributed by atoms with Crippen LogP contribution in [0.4, 0.5) is 10.1 Å². The van der Waals surface area contributed by atoms with E-state index in [2.05, 4.69) is 21.9 Å². The Labute approximate surface area is 159 Å². The maximum Gasteiger partial charge on any atom is 0.261 e. The third kappa shape index (κ3) is 5.20. The molecule has 2 aliphatic heterocycles. The van der Waals surface area contributed by atoms with Crippen LogP contribution in [0.2, 0.25) is 0 Å². The van der Waals surface area contributed by atoms with Crippen molar-refractivity contribution in [1.82, 2.24) is 4.90 Å². The molecule has 0 spiro atoms. The molecule has 0 radical (unpaired) electrons. The normalized spacial score (nSPS) is 21.3. The average molecular weight is 374 g/mol. The highest BCUT2D eigenvalue weighted by Gasteiger charge is 2.34. The van der Waals surface area contributed by atoms with Crippen LogP contribution in [0.25, 0.3) is 0 Å². The third-order valence-corrected chi connectivity index (χ3v) is 4.76. The Kier molecular flexibility index (Phi) is 7.06. The summed E-state index contributed by atoms with van der Waals surface area (Å²) in [4.78, 5) is 19.7. The molecule has 3 rings (SSSR count). The molecule has 27 heavy (non-hydrogen) atoms. The van der Waals surface area contributed by atoms with Crippen LogP contribution in [0.15, 0.2) is 34.4 Å². The summed E-state index contributed by atoms with van der Waals surface area (Å²) in [6.07, 6.45) is 4.34. The van der Waals surface area contributed by atoms with Gasteiger partial charge in [-0.3, -0.25) is 14.7 Å². The van der Waals surface area contributed by atoms with E-state index < -0.39 is 5.92 Å². The van der Waals surface area contributed by atoms with Gasteiger partial charge in [-0.1, -0.05) is 13.3 Å².